The first-order chi connectivity index (χ1) is 12.9. The van der Waals surface area contributed by atoms with Gasteiger partial charge in [0.25, 0.3) is 0 Å². The minimum Gasteiger partial charge on any atom is -0.476 e. The topological polar surface area (TPSA) is 99.6 Å². The van der Waals surface area contributed by atoms with Crippen LogP contribution in [0.15, 0.2) is 29.6 Å². The third kappa shape index (κ3) is 4.13. The molecule has 2 N–H and O–H groups in total. The lowest BCUT2D eigenvalue weighted by atomic mass is 9.93. The highest BCUT2D eigenvalue weighted by Crippen LogP contribution is 2.37. The fourth-order valence-electron chi connectivity index (χ4n) is 3.17. The number of hydrogen-bond donors (Lipinski definition) is 2. The Morgan fingerprint density at radius 2 is 2.07 bits per heavy atom. The quantitative estimate of drug-likeness (QED) is 0.783. The molecule has 1 fully saturated rings. The Bertz CT molecular complexity index is 868. The van der Waals surface area contributed by atoms with Crippen LogP contribution in [0.2, 0.25) is 0 Å². The molecule has 2 aromatic rings. The molecule has 2 amide bonds. The number of nitrogens with one attached hydrogen (secondary N) is 1. The Hall–Kier alpha value is -2.81. The van der Waals surface area contributed by atoms with E-state index in [2.05, 4.69) is 10.3 Å². The number of amides is 2. The number of likely N-dealkylation sites (tertiary alicyclic amines) is 1. The molecule has 0 saturated carbocycles. The maximum Gasteiger partial charge on any atom is 0.355 e. The number of nitrogens with zero attached hydrogens (tertiary/aromatic N) is 2. The number of rotatable bonds is 6. The predicted octanol–water partition coefficient (Wildman–Crippen LogP) is 1.86. The van der Waals surface area contributed by atoms with Crippen molar-refractivity contribution in [2.24, 2.45) is 5.92 Å². The summed E-state index contributed by atoms with van der Waals surface area (Å²) in [5.74, 6) is -2.45. The van der Waals surface area contributed by atoms with Crippen LogP contribution >= 0.6 is 11.3 Å². The highest BCUT2D eigenvalue weighted by molar-refractivity contribution is 7.09. The molecule has 0 spiro atoms. The van der Waals surface area contributed by atoms with Crippen LogP contribution < -0.4 is 5.32 Å². The van der Waals surface area contributed by atoms with Crippen molar-refractivity contribution < 1.29 is 23.9 Å². The van der Waals surface area contributed by atoms with Gasteiger partial charge in [-0.1, -0.05) is 12.1 Å². The molecular weight excluding hydrogens is 373 g/mol. The van der Waals surface area contributed by atoms with E-state index in [4.69, 9.17) is 5.11 Å². The second-order valence-electron chi connectivity index (χ2n) is 6.28. The van der Waals surface area contributed by atoms with E-state index in [9.17, 15) is 18.8 Å². The molecule has 1 aromatic carbocycles. The molecule has 2 heterocycles. The molecule has 0 radical (unpaired) electrons. The lowest BCUT2D eigenvalue weighted by Gasteiger charge is -2.25. The largest absolute Gasteiger partial charge is 0.476 e. The van der Waals surface area contributed by atoms with Gasteiger partial charge in [0.2, 0.25) is 11.8 Å². The number of aromatic nitrogens is 1. The molecule has 1 aliphatic rings. The first-order valence-corrected chi connectivity index (χ1v) is 9.21. The van der Waals surface area contributed by atoms with Crippen molar-refractivity contribution in [1.29, 1.82) is 0 Å². The molecule has 1 aromatic heterocycles. The minimum absolute atomic E-state index is 0.0132. The summed E-state index contributed by atoms with van der Waals surface area (Å²) in [5.41, 5.74) is 0.691. The zero-order valence-corrected chi connectivity index (χ0v) is 15.3. The van der Waals surface area contributed by atoms with E-state index in [0.29, 0.717) is 17.0 Å². The van der Waals surface area contributed by atoms with Crippen molar-refractivity contribution in [2.45, 2.75) is 18.9 Å². The summed E-state index contributed by atoms with van der Waals surface area (Å²) in [7, 11) is 1.63. The molecule has 0 bridgehead atoms. The van der Waals surface area contributed by atoms with Gasteiger partial charge >= 0.3 is 5.97 Å². The summed E-state index contributed by atoms with van der Waals surface area (Å²) in [6, 6.07) is 5.33. The Kier molecular flexibility index (Phi) is 5.50. The minimum atomic E-state index is -1.09. The van der Waals surface area contributed by atoms with Gasteiger partial charge in [0, 0.05) is 31.8 Å². The average Bonchev–Trinajstić information content (AvgIpc) is 3.22. The zero-order valence-electron chi connectivity index (χ0n) is 14.5. The Morgan fingerprint density at radius 3 is 2.70 bits per heavy atom. The highest BCUT2D eigenvalue weighted by atomic mass is 32.1. The SMILES string of the molecule is CN1C(=O)CC(C(=O)NCCc2nc(C(=O)O)cs2)C1c1ccc(F)cc1. The first-order valence-electron chi connectivity index (χ1n) is 8.33. The standard InChI is InChI=1S/C18H18FN3O4S/c1-22-15(23)8-12(16(22)10-2-4-11(19)5-3-10)17(24)20-7-6-14-21-13(9-27-14)18(25)26/h2-5,9,12,16H,6-8H2,1H3,(H,20,24)(H,25,26). The molecule has 7 nitrogen and oxygen atoms in total. The number of hydrogen-bond acceptors (Lipinski definition) is 5. The number of benzene rings is 1. The van der Waals surface area contributed by atoms with Gasteiger partial charge in [-0.25, -0.2) is 14.2 Å². The molecule has 0 aliphatic carbocycles. The van der Waals surface area contributed by atoms with Gasteiger partial charge in [-0.05, 0) is 17.7 Å². The number of thiazole rings is 1. The van der Waals surface area contributed by atoms with E-state index in [1.807, 2.05) is 0 Å². The molecular formula is C18H18FN3O4S. The van der Waals surface area contributed by atoms with Gasteiger partial charge in [0.05, 0.1) is 17.0 Å². The number of carboxylic acid groups (broad SMARTS) is 1. The maximum absolute atomic E-state index is 13.2. The molecule has 2 unspecified atom stereocenters. The third-order valence-electron chi connectivity index (χ3n) is 4.54. The van der Waals surface area contributed by atoms with Gasteiger partial charge in [0.1, 0.15) is 5.82 Å². The number of aromatic carboxylic acids is 1. The van der Waals surface area contributed by atoms with Gasteiger partial charge in [-0.3, -0.25) is 9.59 Å². The second-order valence-corrected chi connectivity index (χ2v) is 7.23. The Labute approximate surface area is 158 Å². The van der Waals surface area contributed by atoms with Gasteiger partial charge in [-0.2, -0.15) is 0 Å². The number of carbonyl (C=O) groups is 3. The molecule has 1 aliphatic heterocycles. The van der Waals surface area contributed by atoms with Crippen molar-refractivity contribution in [3.05, 3.63) is 51.7 Å². The lowest BCUT2D eigenvalue weighted by molar-refractivity contribution is -0.128. The molecule has 9 heteroatoms. The van der Waals surface area contributed by atoms with Crippen molar-refractivity contribution >= 4 is 29.1 Å². The van der Waals surface area contributed by atoms with Crippen LogP contribution in [0.3, 0.4) is 0 Å². The molecule has 1 saturated heterocycles. The number of halogens is 1. The fraction of sp³-hybridized carbons (Fsp3) is 0.333. The zero-order chi connectivity index (χ0) is 19.6. The monoisotopic (exact) mass is 391 g/mol. The molecule has 2 atom stereocenters. The Balaban J connectivity index is 1.64. The number of carboxylic acids is 1. The summed E-state index contributed by atoms with van der Waals surface area (Å²) in [5, 5.41) is 13.7. The van der Waals surface area contributed by atoms with E-state index < -0.39 is 17.9 Å². The van der Waals surface area contributed by atoms with Crippen LogP contribution in [0.25, 0.3) is 0 Å². The van der Waals surface area contributed by atoms with Gasteiger partial charge < -0.3 is 15.3 Å². The average molecular weight is 391 g/mol. The summed E-state index contributed by atoms with van der Waals surface area (Å²) in [6.45, 7) is 0.288. The summed E-state index contributed by atoms with van der Waals surface area (Å²) < 4.78 is 13.2. The van der Waals surface area contributed by atoms with Crippen LogP contribution in [-0.2, 0) is 16.0 Å². The van der Waals surface area contributed by atoms with Crippen molar-refractivity contribution in [1.82, 2.24) is 15.2 Å². The maximum atomic E-state index is 13.2. The van der Waals surface area contributed by atoms with Crippen LogP contribution in [0.5, 0.6) is 0 Å². The molecule has 27 heavy (non-hydrogen) atoms. The van der Waals surface area contributed by atoms with Crippen molar-refractivity contribution in [2.75, 3.05) is 13.6 Å². The van der Waals surface area contributed by atoms with Crippen LogP contribution in [-0.4, -0.2) is 46.4 Å². The number of carbonyl (C=O) groups excluding carboxylic acids is 2. The van der Waals surface area contributed by atoms with E-state index in [0.717, 1.165) is 0 Å². The van der Waals surface area contributed by atoms with Crippen LogP contribution in [0.4, 0.5) is 4.39 Å². The van der Waals surface area contributed by atoms with Gasteiger partial charge in [-0.15, -0.1) is 11.3 Å². The van der Waals surface area contributed by atoms with Crippen molar-refractivity contribution in [3.8, 4) is 0 Å². The summed E-state index contributed by atoms with van der Waals surface area (Å²) >= 11 is 1.22. The highest BCUT2D eigenvalue weighted by Gasteiger charge is 2.42. The lowest BCUT2D eigenvalue weighted by Crippen LogP contribution is -2.35. The van der Waals surface area contributed by atoms with E-state index >= 15 is 0 Å². The Morgan fingerprint density at radius 1 is 1.37 bits per heavy atom. The van der Waals surface area contributed by atoms with Crippen molar-refractivity contribution in [3.63, 3.8) is 0 Å². The van der Waals surface area contributed by atoms with E-state index in [1.54, 1.807) is 19.2 Å². The van der Waals surface area contributed by atoms with E-state index in [-0.39, 0.29) is 36.3 Å². The second kappa shape index (κ2) is 7.83. The summed E-state index contributed by atoms with van der Waals surface area (Å²) in [4.78, 5) is 41.0. The predicted molar refractivity (Wildman–Crippen MR) is 95.8 cm³/mol. The molecule has 142 valence electrons. The molecule has 3 rings (SSSR count). The summed E-state index contributed by atoms with van der Waals surface area (Å²) in [6.07, 6.45) is 0.492. The fourth-order valence-corrected chi connectivity index (χ4v) is 3.94. The van der Waals surface area contributed by atoms with Crippen LogP contribution in [0.1, 0.15) is 33.5 Å². The normalized spacial score (nSPS) is 19.3. The van der Waals surface area contributed by atoms with Gasteiger partial charge in [0.15, 0.2) is 5.69 Å². The van der Waals surface area contributed by atoms with E-state index in [1.165, 1.54) is 33.7 Å². The smallest absolute Gasteiger partial charge is 0.355 e. The first kappa shape index (κ1) is 19.0. The third-order valence-corrected chi connectivity index (χ3v) is 5.45. The van der Waals surface area contributed by atoms with Crippen LogP contribution in [0, 0.1) is 11.7 Å².